The summed E-state index contributed by atoms with van der Waals surface area (Å²) in [4.78, 5) is 0. The maximum atomic E-state index is 13.3. The summed E-state index contributed by atoms with van der Waals surface area (Å²) in [5.41, 5.74) is 6.20. The van der Waals surface area contributed by atoms with Gasteiger partial charge in [0.15, 0.2) is 11.6 Å². The summed E-state index contributed by atoms with van der Waals surface area (Å²) in [6.07, 6.45) is 1.21. The minimum absolute atomic E-state index is 0.110. The van der Waals surface area contributed by atoms with Gasteiger partial charge in [-0.2, -0.15) is 0 Å². The number of halogens is 2. The van der Waals surface area contributed by atoms with Gasteiger partial charge in [-0.05, 0) is 30.4 Å². The molecule has 0 saturated heterocycles. The summed E-state index contributed by atoms with van der Waals surface area (Å²) in [6, 6.07) is 4.10. The van der Waals surface area contributed by atoms with Crippen LogP contribution >= 0.6 is 0 Å². The molecule has 3 heteroatoms. The van der Waals surface area contributed by atoms with Gasteiger partial charge in [0.25, 0.3) is 0 Å². The van der Waals surface area contributed by atoms with Crippen molar-refractivity contribution in [3.05, 3.63) is 35.4 Å². The molecule has 0 radical (unpaired) electrons. The van der Waals surface area contributed by atoms with Crippen LogP contribution in [0.5, 0.6) is 0 Å². The molecular formula is C12H17F2N. The molecule has 1 unspecified atom stereocenters. The van der Waals surface area contributed by atoms with Crippen LogP contribution in [0.4, 0.5) is 8.78 Å². The zero-order valence-electron chi connectivity index (χ0n) is 9.13. The average Bonchev–Trinajstić information content (AvgIpc) is 2.11. The van der Waals surface area contributed by atoms with E-state index < -0.39 is 11.6 Å². The summed E-state index contributed by atoms with van der Waals surface area (Å²) in [7, 11) is 0. The molecule has 1 nitrogen and oxygen atoms in total. The topological polar surface area (TPSA) is 26.0 Å². The Bertz CT molecular complexity index is 323. The molecule has 0 aromatic heterocycles. The van der Waals surface area contributed by atoms with Gasteiger partial charge < -0.3 is 5.73 Å². The molecule has 0 saturated carbocycles. The van der Waals surface area contributed by atoms with Crippen molar-refractivity contribution in [1.29, 1.82) is 0 Å². The number of rotatable bonds is 4. The van der Waals surface area contributed by atoms with Crippen molar-refractivity contribution in [2.75, 3.05) is 0 Å². The Balaban J connectivity index is 2.68. The van der Waals surface area contributed by atoms with Crippen LogP contribution in [0.2, 0.25) is 0 Å². The monoisotopic (exact) mass is 213 g/mol. The van der Waals surface area contributed by atoms with Crippen molar-refractivity contribution < 1.29 is 8.78 Å². The molecule has 0 aliphatic carbocycles. The van der Waals surface area contributed by atoms with Crippen molar-refractivity contribution >= 4 is 0 Å². The molecule has 1 rings (SSSR count). The van der Waals surface area contributed by atoms with Crippen molar-refractivity contribution in [1.82, 2.24) is 0 Å². The Hall–Kier alpha value is -0.960. The van der Waals surface area contributed by atoms with E-state index in [9.17, 15) is 8.78 Å². The second-order valence-corrected chi connectivity index (χ2v) is 4.31. The normalized spacial score (nSPS) is 13.2. The summed E-state index contributed by atoms with van der Waals surface area (Å²) in [6.45, 7) is 4.11. The van der Waals surface area contributed by atoms with E-state index in [0.29, 0.717) is 17.9 Å². The standard InChI is InChI=1S/C12H17F2N/c1-8(2)6-10(15)7-9-4-3-5-11(13)12(9)14/h3-5,8,10H,6-7,15H2,1-2H3. The van der Waals surface area contributed by atoms with Gasteiger partial charge in [-0.15, -0.1) is 0 Å². The third kappa shape index (κ3) is 3.59. The Morgan fingerprint density at radius 3 is 2.53 bits per heavy atom. The van der Waals surface area contributed by atoms with Gasteiger partial charge in [0, 0.05) is 6.04 Å². The molecule has 0 aliphatic heterocycles. The highest BCUT2D eigenvalue weighted by molar-refractivity contribution is 5.19. The van der Waals surface area contributed by atoms with Crippen LogP contribution in [-0.4, -0.2) is 6.04 Å². The predicted octanol–water partition coefficient (Wildman–Crippen LogP) is 2.88. The first kappa shape index (κ1) is 12.1. The smallest absolute Gasteiger partial charge is 0.162 e. The molecule has 0 amide bonds. The first-order valence-corrected chi connectivity index (χ1v) is 5.19. The molecule has 0 heterocycles. The zero-order chi connectivity index (χ0) is 11.4. The Morgan fingerprint density at radius 2 is 1.93 bits per heavy atom. The Kier molecular flexibility index (Phi) is 4.21. The summed E-state index contributed by atoms with van der Waals surface area (Å²) >= 11 is 0. The van der Waals surface area contributed by atoms with E-state index in [1.54, 1.807) is 6.07 Å². The van der Waals surface area contributed by atoms with Gasteiger partial charge in [-0.25, -0.2) is 8.78 Å². The third-order valence-electron chi connectivity index (χ3n) is 2.29. The highest BCUT2D eigenvalue weighted by Crippen LogP contribution is 2.15. The van der Waals surface area contributed by atoms with E-state index in [1.807, 2.05) is 0 Å². The predicted molar refractivity (Wildman–Crippen MR) is 57.5 cm³/mol. The molecule has 0 spiro atoms. The van der Waals surface area contributed by atoms with Crippen LogP contribution in [0.1, 0.15) is 25.8 Å². The molecule has 84 valence electrons. The lowest BCUT2D eigenvalue weighted by molar-refractivity contribution is 0.467. The zero-order valence-corrected chi connectivity index (χ0v) is 9.13. The minimum Gasteiger partial charge on any atom is -0.327 e. The molecule has 0 fully saturated rings. The lowest BCUT2D eigenvalue weighted by Gasteiger charge is -2.14. The number of hydrogen-bond donors (Lipinski definition) is 1. The van der Waals surface area contributed by atoms with Crippen molar-refractivity contribution in [3.8, 4) is 0 Å². The Labute approximate surface area is 89.3 Å². The largest absolute Gasteiger partial charge is 0.327 e. The minimum atomic E-state index is -0.802. The van der Waals surface area contributed by atoms with Crippen LogP contribution < -0.4 is 5.73 Å². The van der Waals surface area contributed by atoms with Crippen LogP contribution in [0.3, 0.4) is 0 Å². The molecule has 0 bridgehead atoms. The molecule has 0 aliphatic rings. The fraction of sp³-hybridized carbons (Fsp3) is 0.500. The summed E-state index contributed by atoms with van der Waals surface area (Å²) in [5.74, 6) is -1.10. The first-order valence-electron chi connectivity index (χ1n) is 5.19. The van der Waals surface area contributed by atoms with Crippen molar-refractivity contribution in [2.24, 2.45) is 11.7 Å². The van der Waals surface area contributed by atoms with Crippen molar-refractivity contribution in [2.45, 2.75) is 32.7 Å². The first-order chi connectivity index (χ1) is 7.00. The van der Waals surface area contributed by atoms with E-state index in [1.165, 1.54) is 6.07 Å². The van der Waals surface area contributed by atoms with Gasteiger partial charge in [0.2, 0.25) is 0 Å². The van der Waals surface area contributed by atoms with Crippen LogP contribution in [-0.2, 0) is 6.42 Å². The number of hydrogen-bond acceptors (Lipinski definition) is 1. The average molecular weight is 213 g/mol. The summed E-state index contributed by atoms with van der Waals surface area (Å²) < 4.78 is 26.1. The van der Waals surface area contributed by atoms with Gasteiger partial charge in [-0.3, -0.25) is 0 Å². The maximum Gasteiger partial charge on any atom is 0.162 e. The highest BCUT2D eigenvalue weighted by Gasteiger charge is 2.12. The number of benzene rings is 1. The van der Waals surface area contributed by atoms with E-state index in [4.69, 9.17) is 5.73 Å². The fourth-order valence-corrected chi connectivity index (χ4v) is 1.68. The van der Waals surface area contributed by atoms with Crippen LogP contribution in [0, 0.1) is 17.6 Å². The third-order valence-corrected chi connectivity index (χ3v) is 2.29. The second-order valence-electron chi connectivity index (χ2n) is 4.31. The lowest BCUT2D eigenvalue weighted by Crippen LogP contribution is -2.25. The van der Waals surface area contributed by atoms with Crippen LogP contribution in [0.25, 0.3) is 0 Å². The van der Waals surface area contributed by atoms with Gasteiger partial charge in [-0.1, -0.05) is 26.0 Å². The van der Waals surface area contributed by atoms with Gasteiger partial charge in [0.1, 0.15) is 0 Å². The quantitative estimate of drug-likeness (QED) is 0.817. The fourth-order valence-electron chi connectivity index (χ4n) is 1.68. The molecule has 1 aromatic carbocycles. The molecular weight excluding hydrogens is 196 g/mol. The SMILES string of the molecule is CC(C)CC(N)Cc1cccc(F)c1F. The van der Waals surface area contributed by atoms with E-state index in [2.05, 4.69) is 13.8 Å². The van der Waals surface area contributed by atoms with Gasteiger partial charge in [0.05, 0.1) is 0 Å². The van der Waals surface area contributed by atoms with Crippen LogP contribution in [0.15, 0.2) is 18.2 Å². The molecule has 1 atom stereocenters. The Morgan fingerprint density at radius 1 is 1.27 bits per heavy atom. The van der Waals surface area contributed by atoms with Crippen molar-refractivity contribution in [3.63, 3.8) is 0 Å². The van der Waals surface area contributed by atoms with E-state index >= 15 is 0 Å². The highest BCUT2D eigenvalue weighted by atomic mass is 19.2. The number of nitrogens with two attached hydrogens (primary N) is 1. The summed E-state index contributed by atoms with van der Waals surface area (Å²) in [5, 5.41) is 0. The lowest BCUT2D eigenvalue weighted by atomic mass is 9.98. The maximum absolute atomic E-state index is 13.3. The van der Waals surface area contributed by atoms with E-state index in [-0.39, 0.29) is 6.04 Å². The van der Waals surface area contributed by atoms with Gasteiger partial charge >= 0.3 is 0 Å². The van der Waals surface area contributed by atoms with E-state index in [0.717, 1.165) is 12.5 Å². The molecule has 1 aromatic rings. The second kappa shape index (κ2) is 5.21. The molecule has 2 N–H and O–H groups in total. The molecule has 15 heavy (non-hydrogen) atoms.